The molecule has 0 aromatic carbocycles. The van der Waals surface area contributed by atoms with Crippen molar-refractivity contribution in [2.24, 2.45) is 5.84 Å². The van der Waals surface area contributed by atoms with E-state index >= 15 is 0 Å². The lowest BCUT2D eigenvalue weighted by Gasteiger charge is -2.14. The number of aromatic nitrogens is 1. The van der Waals surface area contributed by atoms with Crippen molar-refractivity contribution in [2.75, 3.05) is 0 Å². The SMILES string of the molecule is NNC(c1ccoc1)c1ccc(C(F)(F)F)cn1. The van der Waals surface area contributed by atoms with Crippen LogP contribution in [0.25, 0.3) is 0 Å². The van der Waals surface area contributed by atoms with Crippen LogP contribution < -0.4 is 11.3 Å². The molecule has 4 nitrogen and oxygen atoms in total. The topological polar surface area (TPSA) is 64.1 Å². The molecule has 2 heterocycles. The van der Waals surface area contributed by atoms with Crippen LogP contribution in [0, 0.1) is 0 Å². The van der Waals surface area contributed by atoms with Gasteiger partial charge in [0.05, 0.1) is 29.8 Å². The molecule has 7 heteroatoms. The molecule has 0 aliphatic heterocycles. The van der Waals surface area contributed by atoms with E-state index in [9.17, 15) is 13.2 Å². The largest absolute Gasteiger partial charge is 0.472 e. The summed E-state index contributed by atoms with van der Waals surface area (Å²) in [5.74, 6) is 5.37. The molecule has 2 aromatic heterocycles. The van der Waals surface area contributed by atoms with Gasteiger partial charge in [0.1, 0.15) is 0 Å². The molecule has 0 radical (unpaired) electrons. The number of alkyl halides is 3. The first kappa shape index (κ1) is 12.6. The van der Waals surface area contributed by atoms with Gasteiger partial charge in [-0.2, -0.15) is 13.2 Å². The van der Waals surface area contributed by atoms with Gasteiger partial charge in [0.25, 0.3) is 0 Å². The quantitative estimate of drug-likeness (QED) is 0.653. The van der Waals surface area contributed by atoms with Crippen LogP contribution in [0.5, 0.6) is 0 Å². The predicted molar refractivity (Wildman–Crippen MR) is 57.1 cm³/mol. The Bertz CT molecular complexity index is 493. The standard InChI is InChI=1S/C11H10F3N3O/c12-11(13,14)8-1-2-9(16-5-8)10(17-15)7-3-4-18-6-7/h1-6,10,17H,15H2. The zero-order valence-corrected chi connectivity index (χ0v) is 9.11. The van der Waals surface area contributed by atoms with Crippen molar-refractivity contribution >= 4 is 0 Å². The molecule has 96 valence electrons. The summed E-state index contributed by atoms with van der Waals surface area (Å²) in [6.45, 7) is 0. The summed E-state index contributed by atoms with van der Waals surface area (Å²) in [4.78, 5) is 3.77. The second kappa shape index (κ2) is 4.79. The molecule has 3 N–H and O–H groups in total. The number of halogens is 3. The summed E-state index contributed by atoms with van der Waals surface area (Å²) in [5.41, 5.74) is 2.74. The van der Waals surface area contributed by atoms with Crippen molar-refractivity contribution in [3.63, 3.8) is 0 Å². The van der Waals surface area contributed by atoms with Gasteiger partial charge in [-0.15, -0.1) is 0 Å². The molecular weight excluding hydrogens is 247 g/mol. The second-order valence-corrected chi connectivity index (χ2v) is 3.63. The van der Waals surface area contributed by atoms with Gasteiger partial charge < -0.3 is 4.42 Å². The van der Waals surface area contributed by atoms with E-state index in [0.717, 1.165) is 12.3 Å². The van der Waals surface area contributed by atoms with Gasteiger partial charge >= 0.3 is 6.18 Å². The Hall–Kier alpha value is -1.86. The van der Waals surface area contributed by atoms with E-state index in [1.807, 2.05) is 0 Å². The molecule has 0 spiro atoms. The monoisotopic (exact) mass is 257 g/mol. The van der Waals surface area contributed by atoms with Gasteiger partial charge in [-0.25, -0.2) is 5.43 Å². The van der Waals surface area contributed by atoms with E-state index in [1.54, 1.807) is 6.07 Å². The number of nitrogens with one attached hydrogen (secondary N) is 1. The summed E-state index contributed by atoms with van der Waals surface area (Å²) in [6.07, 6.45) is -0.722. The highest BCUT2D eigenvalue weighted by molar-refractivity contribution is 5.26. The van der Waals surface area contributed by atoms with Crippen LogP contribution >= 0.6 is 0 Å². The Labute approximate surface area is 101 Å². The van der Waals surface area contributed by atoms with Crippen molar-refractivity contribution in [2.45, 2.75) is 12.2 Å². The molecule has 0 amide bonds. The summed E-state index contributed by atoms with van der Waals surface area (Å²) >= 11 is 0. The number of pyridine rings is 1. The third-order valence-corrected chi connectivity index (χ3v) is 2.45. The zero-order chi connectivity index (χ0) is 13.2. The van der Waals surface area contributed by atoms with Gasteiger partial charge in [0, 0.05) is 11.8 Å². The van der Waals surface area contributed by atoms with Crippen LogP contribution in [0.15, 0.2) is 41.3 Å². The van der Waals surface area contributed by atoms with Crippen molar-refractivity contribution in [1.82, 2.24) is 10.4 Å². The first-order valence-corrected chi connectivity index (χ1v) is 5.03. The zero-order valence-electron chi connectivity index (χ0n) is 9.11. The van der Waals surface area contributed by atoms with Crippen molar-refractivity contribution in [3.05, 3.63) is 53.7 Å². The highest BCUT2D eigenvalue weighted by Gasteiger charge is 2.31. The molecule has 0 aliphatic rings. The second-order valence-electron chi connectivity index (χ2n) is 3.63. The Morgan fingerprint density at radius 2 is 2.06 bits per heavy atom. The van der Waals surface area contributed by atoms with E-state index in [2.05, 4.69) is 10.4 Å². The average Bonchev–Trinajstić information content (AvgIpc) is 2.83. The number of rotatable bonds is 3. The van der Waals surface area contributed by atoms with Crippen LogP contribution in [0.4, 0.5) is 13.2 Å². The van der Waals surface area contributed by atoms with E-state index in [1.165, 1.54) is 18.6 Å². The maximum Gasteiger partial charge on any atom is 0.417 e. The Morgan fingerprint density at radius 3 is 2.50 bits per heavy atom. The molecule has 0 saturated carbocycles. The normalized spacial score (nSPS) is 13.6. The smallest absolute Gasteiger partial charge is 0.417 e. The van der Waals surface area contributed by atoms with Crippen molar-refractivity contribution in [3.8, 4) is 0 Å². The molecule has 0 saturated heterocycles. The minimum absolute atomic E-state index is 0.381. The minimum atomic E-state index is -4.40. The number of nitrogens with zero attached hydrogens (tertiary/aromatic N) is 1. The fraction of sp³-hybridized carbons (Fsp3) is 0.182. The summed E-state index contributed by atoms with van der Waals surface area (Å²) < 4.78 is 42.0. The van der Waals surface area contributed by atoms with Crippen LogP contribution in [0.3, 0.4) is 0 Å². The number of hydrazine groups is 1. The summed E-state index contributed by atoms with van der Waals surface area (Å²) in [7, 11) is 0. The Kier molecular flexibility index (Phi) is 3.35. The van der Waals surface area contributed by atoms with E-state index in [0.29, 0.717) is 11.3 Å². The van der Waals surface area contributed by atoms with Gasteiger partial charge in [0.15, 0.2) is 0 Å². The van der Waals surface area contributed by atoms with Gasteiger partial charge in [-0.1, -0.05) is 0 Å². The van der Waals surface area contributed by atoms with Crippen LogP contribution in [-0.2, 0) is 6.18 Å². The first-order chi connectivity index (χ1) is 8.52. The third kappa shape index (κ3) is 2.52. The molecule has 2 rings (SSSR count). The predicted octanol–water partition coefficient (Wildman–Crippen LogP) is 2.25. The molecule has 1 unspecified atom stereocenters. The highest BCUT2D eigenvalue weighted by atomic mass is 19.4. The molecule has 0 bridgehead atoms. The number of hydrogen-bond donors (Lipinski definition) is 2. The molecule has 0 aliphatic carbocycles. The summed E-state index contributed by atoms with van der Waals surface area (Å²) in [6, 6.07) is 3.39. The number of nitrogens with two attached hydrogens (primary N) is 1. The van der Waals surface area contributed by atoms with E-state index in [4.69, 9.17) is 10.3 Å². The van der Waals surface area contributed by atoms with Gasteiger partial charge in [-0.3, -0.25) is 10.8 Å². The lowest BCUT2D eigenvalue weighted by Crippen LogP contribution is -2.29. The lowest BCUT2D eigenvalue weighted by molar-refractivity contribution is -0.137. The highest BCUT2D eigenvalue weighted by Crippen LogP contribution is 2.29. The number of furan rings is 1. The van der Waals surface area contributed by atoms with Gasteiger partial charge in [-0.05, 0) is 18.2 Å². The van der Waals surface area contributed by atoms with E-state index in [-0.39, 0.29) is 0 Å². The lowest BCUT2D eigenvalue weighted by atomic mass is 10.1. The maximum absolute atomic E-state index is 12.4. The van der Waals surface area contributed by atoms with E-state index < -0.39 is 17.8 Å². The fourth-order valence-corrected chi connectivity index (χ4v) is 1.54. The fourth-order valence-electron chi connectivity index (χ4n) is 1.54. The maximum atomic E-state index is 12.4. The molecule has 18 heavy (non-hydrogen) atoms. The van der Waals surface area contributed by atoms with Crippen LogP contribution in [0.2, 0.25) is 0 Å². The summed E-state index contributed by atoms with van der Waals surface area (Å²) in [5, 5.41) is 0. The molecule has 2 aromatic rings. The molecule has 0 fully saturated rings. The van der Waals surface area contributed by atoms with Crippen LogP contribution in [0.1, 0.15) is 22.9 Å². The Morgan fingerprint density at radius 1 is 1.28 bits per heavy atom. The molecular formula is C11H10F3N3O. The van der Waals surface area contributed by atoms with Gasteiger partial charge in [0.2, 0.25) is 0 Å². The van der Waals surface area contributed by atoms with Crippen molar-refractivity contribution < 1.29 is 17.6 Å². The molecule has 1 atom stereocenters. The first-order valence-electron chi connectivity index (χ1n) is 5.03. The Balaban J connectivity index is 2.28. The minimum Gasteiger partial charge on any atom is -0.472 e. The average molecular weight is 257 g/mol. The number of hydrogen-bond acceptors (Lipinski definition) is 4. The third-order valence-electron chi connectivity index (χ3n) is 2.45. The van der Waals surface area contributed by atoms with Crippen LogP contribution in [-0.4, -0.2) is 4.98 Å². The van der Waals surface area contributed by atoms with Crippen molar-refractivity contribution in [1.29, 1.82) is 0 Å².